The minimum atomic E-state index is -0.147. The Labute approximate surface area is 113 Å². The first-order valence-electron chi connectivity index (χ1n) is 7.36. The molecule has 0 aromatic rings. The Morgan fingerprint density at radius 3 is 2.28 bits per heavy atom. The highest BCUT2D eigenvalue weighted by Gasteiger charge is 2.22. The number of aliphatic hydroxyl groups is 1. The van der Waals surface area contributed by atoms with Gasteiger partial charge in [0.1, 0.15) is 0 Å². The van der Waals surface area contributed by atoms with Crippen LogP contribution in [0, 0.1) is 5.92 Å². The zero-order valence-electron chi connectivity index (χ0n) is 13.0. The van der Waals surface area contributed by atoms with Crippen molar-refractivity contribution in [2.75, 3.05) is 19.8 Å². The van der Waals surface area contributed by atoms with Crippen LogP contribution in [0.5, 0.6) is 0 Å². The fourth-order valence-corrected chi connectivity index (χ4v) is 2.03. The van der Waals surface area contributed by atoms with Crippen molar-refractivity contribution in [3.05, 3.63) is 0 Å². The van der Waals surface area contributed by atoms with Gasteiger partial charge >= 0.3 is 0 Å². The highest BCUT2D eigenvalue weighted by Crippen LogP contribution is 2.14. The molecule has 0 amide bonds. The van der Waals surface area contributed by atoms with Gasteiger partial charge in [-0.1, -0.05) is 27.7 Å². The molecule has 0 aliphatic heterocycles. The maximum absolute atomic E-state index is 9.44. The molecule has 0 fully saturated rings. The smallest absolute Gasteiger partial charge is 0.0610 e. The van der Waals surface area contributed by atoms with Crippen LogP contribution in [0.25, 0.3) is 0 Å². The maximum atomic E-state index is 9.44. The summed E-state index contributed by atoms with van der Waals surface area (Å²) in [5.41, 5.74) is -0.147. The molecule has 0 aromatic carbocycles. The van der Waals surface area contributed by atoms with Gasteiger partial charge in [0.05, 0.1) is 6.61 Å². The molecule has 2 N–H and O–H groups in total. The van der Waals surface area contributed by atoms with Gasteiger partial charge < -0.3 is 15.2 Å². The monoisotopic (exact) mass is 259 g/mol. The Morgan fingerprint density at radius 1 is 1.11 bits per heavy atom. The van der Waals surface area contributed by atoms with Crippen molar-refractivity contribution in [2.24, 2.45) is 5.92 Å². The first-order valence-corrected chi connectivity index (χ1v) is 7.36. The molecule has 0 saturated carbocycles. The number of ether oxygens (including phenoxy) is 1. The molecule has 0 aliphatic carbocycles. The van der Waals surface area contributed by atoms with E-state index in [4.69, 9.17) is 4.74 Å². The van der Waals surface area contributed by atoms with Gasteiger partial charge in [-0.25, -0.2) is 0 Å². The lowest BCUT2D eigenvalue weighted by molar-refractivity contribution is 0.112. The average molecular weight is 259 g/mol. The molecule has 3 heteroatoms. The van der Waals surface area contributed by atoms with Gasteiger partial charge in [0.25, 0.3) is 0 Å². The molecule has 110 valence electrons. The van der Waals surface area contributed by atoms with Crippen LogP contribution < -0.4 is 5.32 Å². The van der Waals surface area contributed by atoms with E-state index in [9.17, 15) is 5.11 Å². The van der Waals surface area contributed by atoms with E-state index in [1.807, 2.05) is 0 Å². The number of aliphatic hydroxyl groups excluding tert-OH is 1. The molecule has 0 rings (SSSR count). The predicted molar refractivity (Wildman–Crippen MR) is 77.9 cm³/mol. The number of nitrogens with one attached hydrogen (secondary N) is 1. The van der Waals surface area contributed by atoms with Crippen LogP contribution in [-0.2, 0) is 4.74 Å². The molecule has 1 unspecified atom stereocenters. The lowest BCUT2D eigenvalue weighted by atomic mass is 9.95. The van der Waals surface area contributed by atoms with E-state index >= 15 is 0 Å². The summed E-state index contributed by atoms with van der Waals surface area (Å²) >= 11 is 0. The van der Waals surface area contributed by atoms with Gasteiger partial charge in [0, 0.05) is 24.8 Å². The van der Waals surface area contributed by atoms with Crippen LogP contribution >= 0.6 is 0 Å². The van der Waals surface area contributed by atoms with Gasteiger partial charge in [-0.3, -0.25) is 0 Å². The zero-order chi connectivity index (χ0) is 14.0. The summed E-state index contributed by atoms with van der Waals surface area (Å²) in [4.78, 5) is 0. The highest BCUT2D eigenvalue weighted by molar-refractivity contribution is 4.83. The number of unbranched alkanes of at least 4 members (excludes halogenated alkanes) is 1. The van der Waals surface area contributed by atoms with Crippen LogP contribution in [0.3, 0.4) is 0 Å². The summed E-state index contributed by atoms with van der Waals surface area (Å²) in [6.45, 7) is 12.7. The predicted octanol–water partition coefficient (Wildman–Crippen LogP) is 2.97. The largest absolute Gasteiger partial charge is 0.394 e. The lowest BCUT2D eigenvalue weighted by Crippen LogP contribution is -2.49. The Bertz CT molecular complexity index is 195. The van der Waals surface area contributed by atoms with E-state index in [1.165, 1.54) is 0 Å². The van der Waals surface area contributed by atoms with Crippen molar-refractivity contribution in [3.8, 4) is 0 Å². The maximum Gasteiger partial charge on any atom is 0.0610 e. The van der Waals surface area contributed by atoms with E-state index < -0.39 is 0 Å². The lowest BCUT2D eigenvalue weighted by Gasteiger charge is -2.31. The molecule has 0 aromatic heterocycles. The number of rotatable bonds is 11. The summed E-state index contributed by atoms with van der Waals surface area (Å²) in [6, 6.07) is 0.407. The molecule has 1 atom stereocenters. The fourth-order valence-electron chi connectivity index (χ4n) is 2.03. The Morgan fingerprint density at radius 2 is 1.78 bits per heavy atom. The third-order valence-corrected chi connectivity index (χ3v) is 3.09. The second-order valence-corrected chi connectivity index (χ2v) is 6.27. The minimum absolute atomic E-state index is 0.147. The van der Waals surface area contributed by atoms with Gasteiger partial charge in [0.2, 0.25) is 0 Å². The molecular weight excluding hydrogens is 226 g/mol. The van der Waals surface area contributed by atoms with E-state index in [-0.39, 0.29) is 12.1 Å². The summed E-state index contributed by atoms with van der Waals surface area (Å²) in [5.74, 6) is 0.720. The van der Waals surface area contributed by atoms with Crippen molar-refractivity contribution < 1.29 is 9.84 Å². The summed E-state index contributed by atoms with van der Waals surface area (Å²) in [5, 5.41) is 12.9. The molecule has 0 aliphatic rings. The van der Waals surface area contributed by atoms with Gasteiger partial charge in [-0.15, -0.1) is 0 Å². The molecule has 0 heterocycles. The second-order valence-electron chi connectivity index (χ2n) is 6.27. The zero-order valence-corrected chi connectivity index (χ0v) is 13.0. The fraction of sp³-hybridized carbons (Fsp3) is 1.00. The number of hydrogen-bond acceptors (Lipinski definition) is 3. The molecule has 0 radical (unpaired) electrons. The van der Waals surface area contributed by atoms with Crippen LogP contribution in [0.15, 0.2) is 0 Å². The molecular formula is C15H33NO2. The molecule has 0 spiro atoms. The van der Waals surface area contributed by atoms with Crippen LogP contribution in [0.1, 0.15) is 60.3 Å². The van der Waals surface area contributed by atoms with E-state index in [0.29, 0.717) is 6.04 Å². The summed E-state index contributed by atoms with van der Waals surface area (Å²) in [6.07, 6.45) is 4.31. The van der Waals surface area contributed by atoms with Crippen molar-refractivity contribution in [1.29, 1.82) is 0 Å². The van der Waals surface area contributed by atoms with Gasteiger partial charge in [0.15, 0.2) is 0 Å². The van der Waals surface area contributed by atoms with Crippen molar-refractivity contribution in [2.45, 2.75) is 71.9 Å². The Kier molecular flexibility index (Phi) is 9.70. The third-order valence-electron chi connectivity index (χ3n) is 3.09. The SMILES string of the molecule is CC(C)CCOCCCCC(C)(CO)NC(C)C. The van der Waals surface area contributed by atoms with Crippen molar-refractivity contribution in [3.63, 3.8) is 0 Å². The van der Waals surface area contributed by atoms with Crippen LogP contribution in [0.4, 0.5) is 0 Å². The first-order chi connectivity index (χ1) is 8.39. The van der Waals surface area contributed by atoms with Gasteiger partial charge in [-0.2, -0.15) is 0 Å². The summed E-state index contributed by atoms with van der Waals surface area (Å²) < 4.78 is 5.59. The molecule has 0 saturated heterocycles. The van der Waals surface area contributed by atoms with Crippen molar-refractivity contribution >= 4 is 0 Å². The molecule has 0 bridgehead atoms. The minimum Gasteiger partial charge on any atom is -0.394 e. The first kappa shape index (κ1) is 17.9. The normalized spacial score (nSPS) is 15.3. The standard InChI is InChI=1S/C15H33NO2/c1-13(2)8-11-18-10-7-6-9-15(5,12-17)16-14(3)4/h13-14,16-17H,6-12H2,1-5H3. The van der Waals surface area contributed by atoms with Crippen molar-refractivity contribution in [1.82, 2.24) is 5.32 Å². The quantitative estimate of drug-likeness (QED) is 0.561. The van der Waals surface area contributed by atoms with Crippen LogP contribution in [-0.4, -0.2) is 36.5 Å². The van der Waals surface area contributed by atoms with E-state index in [1.54, 1.807) is 0 Å². The molecule has 3 nitrogen and oxygen atoms in total. The number of hydrogen-bond donors (Lipinski definition) is 2. The van der Waals surface area contributed by atoms with E-state index in [0.717, 1.165) is 44.8 Å². The summed E-state index contributed by atoms with van der Waals surface area (Å²) in [7, 11) is 0. The third kappa shape index (κ3) is 9.86. The second kappa shape index (κ2) is 9.76. The average Bonchev–Trinajstić information content (AvgIpc) is 2.26. The van der Waals surface area contributed by atoms with Gasteiger partial charge in [-0.05, 0) is 38.5 Å². The molecule has 18 heavy (non-hydrogen) atoms. The Balaban J connectivity index is 3.56. The highest BCUT2D eigenvalue weighted by atomic mass is 16.5. The van der Waals surface area contributed by atoms with E-state index in [2.05, 4.69) is 39.9 Å². The topological polar surface area (TPSA) is 41.5 Å². The van der Waals surface area contributed by atoms with Crippen LogP contribution in [0.2, 0.25) is 0 Å². The Hall–Kier alpha value is -0.120.